The Morgan fingerprint density at radius 1 is 0.629 bits per heavy atom. The first-order chi connectivity index (χ1) is 16.7. The molecule has 0 aliphatic carbocycles. The van der Waals surface area contributed by atoms with Gasteiger partial charge in [-0.2, -0.15) is 0 Å². The molecule has 0 aliphatic heterocycles. The van der Waals surface area contributed by atoms with Gasteiger partial charge in [-0.15, -0.1) is 22.7 Å². The Morgan fingerprint density at radius 3 is 1.54 bits per heavy atom. The highest BCUT2D eigenvalue weighted by Crippen LogP contribution is 2.24. The summed E-state index contributed by atoms with van der Waals surface area (Å²) in [6, 6.07) is 9.88. The SMILES string of the molecule is Cc1cc(Cl)cc(-c2cncs2)n1.Cc1cc(Cl)cc(Cl)n1.Cc1cc(F)cc(-c2cncs2)n1. The molecular weight excluding hydrogens is 548 g/mol. The van der Waals surface area contributed by atoms with Crippen LogP contribution < -0.4 is 0 Å². The summed E-state index contributed by atoms with van der Waals surface area (Å²) in [7, 11) is 0. The van der Waals surface area contributed by atoms with E-state index in [1.165, 1.54) is 23.5 Å². The number of halogens is 4. The number of hydrogen-bond donors (Lipinski definition) is 0. The minimum Gasteiger partial charge on any atom is -0.252 e. The first kappa shape index (κ1) is 27.1. The fraction of sp³-hybridized carbons (Fsp3) is 0.125. The maximum absolute atomic E-state index is 13.0. The third-order valence-corrected chi connectivity index (χ3v) is 6.31. The van der Waals surface area contributed by atoms with Crippen LogP contribution in [0.25, 0.3) is 21.1 Å². The number of nitrogens with zero attached hydrogens (tertiary/aromatic N) is 5. The smallest absolute Gasteiger partial charge is 0.130 e. The summed E-state index contributed by atoms with van der Waals surface area (Å²) in [5, 5.41) is 1.79. The molecule has 0 bridgehead atoms. The van der Waals surface area contributed by atoms with Crippen molar-refractivity contribution in [1.82, 2.24) is 24.9 Å². The molecular formula is C24H19Cl3FN5S2. The largest absolute Gasteiger partial charge is 0.252 e. The molecule has 5 nitrogen and oxygen atoms in total. The van der Waals surface area contributed by atoms with Crippen molar-refractivity contribution in [2.75, 3.05) is 0 Å². The molecule has 5 rings (SSSR count). The molecule has 0 aliphatic rings. The molecule has 5 heterocycles. The molecule has 0 N–H and O–H groups in total. The fourth-order valence-electron chi connectivity index (χ4n) is 2.78. The molecule has 0 spiro atoms. The van der Waals surface area contributed by atoms with E-state index in [0.717, 1.165) is 31.9 Å². The standard InChI is InChI=1S/C9H7ClN2S.C9H7FN2S.C6H5Cl2N/c2*1-6-2-7(10)3-8(12-6)9-4-11-5-13-9;1-4-2-5(7)3-6(8)9-4/h2*2-5H,1H3;2-3H,1H3. The van der Waals surface area contributed by atoms with Crippen LogP contribution in [0.2, 0.25) is 15.2 Å². The van der Waals surface area contributed by atoms with Crippen LogP contribution >= 0.6 is 57.5 Å². The molecule has 11 heteroatoms. The van der Waals surface area contributed by atoms with Crippen LogP contribution in [0.1, 0.15) is 17.1 Å². The summed E-state index contributed by atoms with van der Waals surface area (Å²) in [6.07, 6.45) is 3.48. The van der Waals surface area contributed by atoms with Gasteiger partial charge in [0.15, 0.2) is 0 Å². The number of pyridine rings is 3. The fourth-order valence-corrected chi connectivity index (χ4v) is 4.77. The van der Waals surface area contributed by atoms with Gasteiger partial charge in [0, 0.05) is 45.6 Å². The van der Waals surface area contributed by atoms with Crippen molar-refractivity contribution >= 4 is 57.5 Å². The van der Waals surface area contributed by atoms with E-state index >= 15 is 0 Å². The topological polar surface area (TPSA) is 64.5 Å². The third-order valence-electron chi connectivity index (χ3n) is 4.09. The maximum Gasteiger partial charge on any atom is 0.130 e. The third kappa shape index (κ3) is 8.91. The normalized spacial score (nSPS) is 10.1. The highest BCUT2D eigenvalue weighted by atomic mass is 35.5. The van der Waals surface area contributed by atoms with Gasteiger partial charge in [0.2, 0.25) is 0 Å². The first-order valence-corrected chi connectivity index (χ1v) is 12.9. The molecule has 180 valence electrons. The Kier molecular flexibility index (Phi) is 10.1. The summed E-state index contributed by atoms with van der Waals surface area (Å²) in [5.74, 6) is -0.254. The van der Waals surface area contributed by atoms with Crippen molar-refractivity contribution in [2.24, 2.45) is 0 Å². The van der Waals surface area contributed by atoms with E-state index in [2.05, 4.69) is 24.9 Å². The van der Waals surface area contributed by atoms with Crippen molar-refractivity contribution < 1.29 is 4.39 Å². The Morgan fingerprint density at radius 2 is 1.11 bits per heavy atom. The van der Waals surface area contributed by atoms with Gasteiger partial charge in [-0.05, 0) is 51.1 Å². The number of aromatic nitrogens is 5. The molecule has 5 aromatic heterocycles. The van der Waals surface area contributed by atoms with Gasteiger partial charge in [0.25, 0.3) is 0 Å². The molecule has 0 atom stereocenters. The van der Waals surface area contributed by atoms with Crippen LogP contribution in [0, 0.1) is 26.6 Å². The number of aryl methyl sites for hydroxylation is 3. The van der Waals surface area contributed by atoms with Crippen LogP contribution in [0.5, 0.6) is 0 Å². The lowest BCUT2D eigenvalue weighted by atomic mass is 10.3. The zero-order valence-corrected chi connectivity index (χ0v) is 22.7. The molecule has 0 saturated carbocycles. The summed E-state index contributed by atoms with van der Waals surface area (Å²) >= 11 is 20.1. The predicted octanol–water partition coefficient (Wildman–Crippen LogP) is 8.52. The highest BCUT2D eigenvalue weighted by Gasteiger charge is 2.04. The number of hydrogen-bond acceptors (Lipinski definition) is 7. The lowest BCUT2D eigenvalue weighted by Crippen LogP contribution is -1.87. The molecule has 0 amide bonds. The van der Waals surface area contributed by atoms with Crippen molar-refractivity contribution in [2.45, 2.75) is 20.8 Å². The van der Waals surface area contributed by atoms with E-state index in [1.807, 2.05) is 26.0 Å². The van der Waals surface area contributed by atoms with E-state index in [0.29, 0.717) is 21.6 Å². The van der Waals surface area contributed by atoms with E-state index < -0.39 is 0 Å². The van der Waals surface area contributed by atoms with Crippen LogP contribution in [-0.4, -0.2) is 24.9 Å². The van der Waals surface area contributed by atoms with Gasteiger partial charge >= 0.3 is 0 Å². The van der Waals surface area contributed by atoms with Gasteiger partial charge in [0.1, 0.15) is 11.0 Å². The summed E-state index contributed by atoms with van der Waals surface area (Å²) in [5.41, 5.74) is 7.49. The monoisotopic (exact) mass is 565 g/mol. The van der Waals surface area contributed by atoms with Gasteiger partial charge in [-0.1, -0.05) is 34.8 Å². The molecule has 35 heavy (non-hydrogen) atoms. The minimum absolute atomic E-state index is 0.254. The van der Waals surface area contributed by atoms with Gasteiger partial charge in [-0.3, -0.25) is 19.9 Å². The van der Waals surface area contributed by atoms with Gasteiger partial charge in [0.05, 0.1) is 32.2 Å². The summed E-state index contributed by atoms with van der Waals surface area (Å²) < 4.78 is 13.0. The molecule has 0 radical (unpaired) electrons. The predicted molar refractivity (Wildman–Crippen MR) is 144 cm³/mol. The Hall–Kier alpha value is -2.49. The van der Waals surface area contributed by atoms with Crippen LogP contribution in [-0.2, 0) is 0 Å². The Balaban J connectivity index is 0.000000150. The molecule has 0 saturated heterocycles. The van der Waals surface area contributed by atoms with Crippen LogP contribution in [0.15, 0.2) is 59.8 Å². The van der Waals surface area contributed by atoms with Crippen molar-refractivity contribution in [1.29, 1.82) is 0 Å². The van der Waals surface area contributed by atoms with E-state index in [9.17, 15) is 4.39 Å². The van der Waals surface area contributed by atoms with Gasteiger partial charge in [-0.25, -0.2) is 9.37 Å². The number of thiazole rings is 2. The second kappa shape index (κ2) is 13.0. The first-order valence-electron chi connectivity index (χ1n) is 10.1. The average molecular weight is 567 g/mol. The number of rotatable bonds is 2. The quantitative estimate of drug-likeness (QED) is 0.200. The zero-order valence-electron chi connectivity index (χ0n) is 18.8. The van der Waals surface area contributed by atoms with E-state index in [-0.39, 0.29) is 5.82 Å². The van der Waals surface area contributed by atoms with Gasteiger partial charge < -0.3 is 0 Å². The Bertz CT molecular complexity index is 1210. The minimum atomic E-state index is -0.254. The zero-order chi connectivity index (χ0) is 25.4. The van der Waals surface area contributed by atoms with Crippen LogP contribution in [0.3, 0.4) is 0 Å². The summed E-state index contributed by atoms with van der Waals surface area (Å²) in [6.45, 7) is 5.54. The second-order valence-electron chi connectivity index (χ2n) is 7.10. The van der Waals surface area contributed by atoms with E-state index in [4.69, 9.17) is 34.8 Å². The highest BCUT2D eigenvalue weighted by molar-refractivity contribution is 7.13. The van der Waals surface area contributed by atoms with Crippen molar-refractivity contribution in [3.05, 3.63) is 97.9 Å². The molecule has 0 fully saturated rings. The Labute approximate surface area is 225 Å². The summed E-state index contributed by atoms with van der Waals surface area (Å²) in [4.78, 5) is 22.3. The molecule has 5 aromatic rings. The second-order valence-corrected chi connectivity index (χ2v) is 10.1. The molecule has 0 unspecified atom stereocenters. The maximum atomic E-state index is 13.0. The lowest BCUT2D eigenvalue weighted by molar-refractivity contribution is 0.624. The van der Waals surface area contributed by atoms with Crippen molar-refractivity contribution in [3.63, 3.8) is 0 Å². The van der Waals surface area contributed by atoms with Crippen molar-refractivity contribution in [3.8, 4) is 21.1 Å². The average Bonchev–Trinajstić information content (AvgIpc) is 3.47. The van der Waals surface area contributed by atoms with E-state index in [1.54, 1.807) is 53.8 Å². The molecule has 0 aromatic carbocycles. The van der Waals surface area contributed by atoms with Crippen LogP contribution in [0.4, 0.5) is 4.39 Å². The lowest BCUT2D eigenvalue weighted by Gasteiger charge is -1.98.